The molecule has 2 aliphatic rings. The minimum atomic E-state index is -0.647. The van der Waals surface area contributed by atoms with Crippen LogP contribution in [0.25, 0.3) is 0 Å². The van der Waals surface area contributed by atoms with Crippen molar-refractivity contribution in [3.8, 4) is 0 Å². The molecule has 1 fully saturated rings. The summed E-state index contributed by atoms with van der Waals surface area (Å²) in [4.78, 5) is 26.1. The van der Waals surface area contributed by atoms with Crippen molar-refractivity contribution < 1.29 is 14.3 Å². The van der Waals surface area contributed by atoms with Gasteiger partial charge in [-0.3, -0.25) is 9.59 Å². The number of hydrogen-bond donors (Lipinski definition) is 0. The number of rotatable bonds is 1. The number of ether oxygens (including phenoxy) is 1. The van der Waals surface area contributed by atoms with Gasteiger partial charge in [0.05, 0.1) is 21.4 Å². The van der Waals surface area contributed by atoms with Crippen LogP contribution in [0.1, 0.15) is 40.0 Å². The van der Waals surface area contributed by atoms with Gasteiger partial charge >= 0.3 is 0 Å². The van der Waals surface area contributed by atoms with Crippen LogP contribution in [0.2, 0.25) is 0 Å². The molecule has 1 aromatic rings. The fraction of sp³-hybridized carbons (Fsp3) is 0.385. The molecule has 0 N–H and O–H groups in total. The van der Waals surface area contributed by atoms with E-state index in [-0.39, 0.29) is 11.8 Å². The van der Waals surface area contributed by atoms with Gasteiger partial charge in [0, 0.05) is 6.61 Å². The molecule has 4 nitrogen and oxygen atoms in total. The molecule has 0 spiro atoms. The van der Waals surface area contributed by atoms with Gasteiger partial charge in [0.15, 0.2) is 0 Å². The average molecular weight is 261 g/mol. The lowest BCUT2D eigenvalue weighted by molar-refractivity contribution is -0.0883. The van der Waals surface area contributed by atoms with E-state index >= 15 is 0 Å². The molecule has 0 bridgehead atoms. The third-order valence-electron chi connectivity index (χ3n) is 3.72. The standard InChI is InChI=1S/C13H15NO3Si/c15-11-9-5-1-2-6-10(9)12(16)14(11)13(18)7-3-4-8-17-13/h1-2,5-6H,3-4,7-8H2,18H3. The largest absolute Gasteiger partial charge is 0.360 e. The molecule has 94 valence electrons. The van der Waals surface area contributed by atoms with E-state index in [1.54, 1.807) is 24.3 Å². The summed E-state index contributed by atoms with van der Waals surface area (Å²) in [5.41, 5.74) is 1.01. The van der Waals surface area contributed by atoms with E-state index in [0.717, 1.165) is 19.3 Å². The van der Waals surface area contributed by atoms with Crippen molar-refractivity contribution in [1.82, 2.24) is 4.90 Å². The topological polar surface area (TPSA) is 46.6 Å². The number of carbonyl (C=O) groups excluding carboxylic acids is 2. The van der Waals surface area contributed by atoms with Crippen LogP contribution in [0.4, 0.5) is 0 Å². The molecule has 2 heterocycles. The van der Waals surface area contributed by atoms with E-state index < -0.39 is 5.35 Å². The SMILES string of the molecule is O=C1c2ccccc2C(=O)N1C1([SiH3])CCCCO1. The van der Waals surface area contributed by atoms with Crippen molar-refractivity contribution in [2.75, 3.05) is 6.61 Å². The Labute approximate surface area is 108 Å². The molecule has 5 heteroatoms. The Balaban J connectivity index is 2.01. The predicted molar refractivity (Wildman–Crippen MR) is 69.4 cm³/mol. The van der Waals surface area contributed by atoms with Gasteiger partial charge in [-0.05, 0) is 31.4 Å². The molecular formula is C13H15NO3Si. The van der Waals surface area contributed by atoms with Crippen LogP contribution >= 0.6 is 0 Å². The minimum absolute atomic E-state index is 0.201. The fourth-order valence-electron chi connectivity index (χ4n) is 2.71. The highest BCUT2D eigenvalue weighted by Crippen LogP contribution is 2.33. The normalized spacial score (nSPS) is 27.7. The lowest BCUT2D eigenvalue weighted by Gasteiger charge is -2.40. The molecule has 0 radical (unpaired) electrons. The van der Waals surface area contributed by atoms with Gasteiger partial charge in [-0.25, -0.2) is 4.90 Å². The van der Waals surface area contributed by atoms with Gasteiger partial charge in [-0.1, -0.05) is 12.1 Å². The Morgan fingerprint density at radius 2 is 1.72 bits per heavy atom. The maximum Gasteiger partial charge on any atom is 0.263 e. The maximum absolute atomic E-state index is 12.4. The number of benzene rings is 1. The maximum atomic E-state index is 12.4. The summed E-state index contributed by atoms with van der Waals surface area (Å²) in [6.45, 7) is 0.636. The third-order valence-corrected chi connectivity index (χ3v) is 4.95. The van der Waals surface area contributed by atoms with E-state index in [2.05, 4.69) is 0 Å². The Morgan fingerprint density at radius 3 is 2.22 bits per heavy atom. The second-order valence-electron chi connectivity index (χ2n) is 4.97. The number of imide groups is 1. The lowest BCUT2D eigenvalue weighted by atomic mass is 10.1. The zero-order valence-corrected chi connectivity index (χ0v) is 12.3. The van der Waals surface area contributed by atoms with Crippen molar-refractivity contribution in [3.63, 3.8) is 0 Å². The first kappa shape index (κ1) is 11.6. The van der Waals surface area contributed by atoms with Crippen molar-refractivity contribution in [3.05, 3.63) is 35.4 Å². The molecular weight excluding hydrogens is 246 g/mol. The molecule has 2 amide bonds. The van der Waals surface area contributed by atoms with Crippen molar-refractivity contribution in [2.45, 2.75) is 24.6 Å². The Bertz CT molecular complexity index is 488. The third kappa shape index (κ3) is 1.54. The van der Waals surface area contributed by atoms with Gasteiger partial charge in [0.2, 0.25) is 0 Å². The summed E-state index contributed by atoms with van der Waals surface area (Å²) in [7, 11) is 0.644. The Hall–Kier alpha value is -1.46. The lowest BCUT2D eigenvalue weighted by Crippen LogP contribution is -2.55. The van der Waals surface area contributed by atoms with Gasteiger partial charge in [-0.15, -0.1) is 0 Å². The second-order valence-corrected chi connectivity index (χ2v) is 6.53. The first-order chi connectivity index (χ1) is 8.63. The monoisotopic (exact) mass is 261 g/mol. The highest BCUT2D eigenvalue weighted by Gasteiger charge is 2.47. The zero-order chi connectivity index (χ0) is 12.8. The summed E-state index contributed by atoms with van der Waals surface area (Å²) >= 11 is 0. The van der Waals surface area contributed by atoms with E-state index in [0.29, 0.717) is 28.0 Å². The Kier molecular flexibility index (Phi) is 2.60. The first-order valence-corrected chi connectivity index (χ1v) is 7.25. The summed E-state index contributed by atoms with van der Waals surface area (Å²) in [6.07, 6.45) is 2.79. The summed E-state index contributed by atoms with van der Waals surface area (Å²) in [5.74, 6) is -0.403. The smallest absolute Gasteiger partial charge is 0.263 e. The van der Waals surface area contributed by atoms with Crippen molar-refractivity contribution in [1.29, 1.82) is 0 Å². The van der Waals surface area contributed by atoms with E-state index in [4.69, 9.17) is 4.74 Å². The van der Waals surface area contributed by atoms with Crippen LogP contribution < -0.4 is 0 Å². The zero-order valence-electron chi connectivity index (χ0n) is 10.3. The number of carbonyl (C=O) groups is 2. The van der Waals surface area contributed by atoms with Crippen LogP contribution in [-0.4, -0.2) is 38.9 Å². The van der Waals surface area contributed by atoms with E-state index in [1.807, 2.05) is 0 Å². The van der Waals surface area contributed by atoms with Crippen molar-refractivity contribution >= 4 is 22.1 Å². The highest BCUT2D eigenvalue weighted by molar-refractivity contribution is 6.27. The summed E-state index contributed by atoms with van der Waals surface area (Å²) in [6, 6.07) is 7.00. The van der Waals surface area contributed by atoms with Crippen LogP contribution in [0.3, 0.4) is 0 Å². The molecule has 18 heavy (non-hydrogen) atoms. The first-order valence-electron chi connectivity index (χ1n) is 6.25. The number of nitrogens with zero attached hydrogens (tertiary/aromatic N) is 1. The molecule has 1 atom stereocenters. The number of amides is 2. The molecule has 0 saturated carbocycles. The van der Waals surface area contributed by atoms with Gasteiger partial charge in [0.1, 0.15) is 5.35 Å². The molecule has 3 rings (SSSR count). The van der Waals surface area contributed by atoms with Gasteiger partial charge in [-0.2, -0.15) is 0 Å². The van der Waals surface area contributed by atoms with E-state index in [9.17, 15) is 9.59 Å². The molecule has 0 aromatic heterocycles. The molecule has 1 unspecified atom stereocenters. The highest BCUT2D eigenvalue weighted by atomic mass is 28.1. The predicted octanol–water partition coefficient (Wildman–Crippen LogP) is 0.502. The van der Waals surface area contributed by atoms with Crippen LogP contribution in [-0.2, 0) is 4.74 Å². The quantitative estimate of drug-likeness (QED) is 0.546. The van der Waals surface area contributed by atoms with Gasteiger partial charge < -0.3 is 4.74 Å². The van der Waals surface area contributed by atoms with Crippen LogP contribution in [0, 0.1) is 0 Å². The second kappa shape index (κ2) is 4.03. The summed E-state index contributed by atoms with van der Waals surface area (Å²) in [5, 5.41) is -0.647. The minimum Gasteiger partial charge on any atom is -0.360 e. The molecule has 2 aliphatic heterocycles. The fourth-order valence-corrected chi connectivity index (χ4v) is 3.68. The van der Waals surface area contributed by atoms with Crippen LogP contribution in [0.5, 0.6) is 0 Å². The Morgan fingerprint density at radius 1 is 1.11 bits per heavy atom. The average Bonchev–Trinajstić information content (AvgIpc) is 2.64. The number of fused-ring (bicyclic) bond motifs is 1. The number of hydrogen-bond acceptors (Lipinski definition) is 3. The van der Waals surface area contributed by atoms with Crippen LogP contribution in [0.15, 0.2) is 24.3 Å². The summed E-state index contributed by atoms with van der Waals surface area (Å²) < 4.78 is 5.77. The molecule has 1 aromatic carbocycles. The van der Waals surface area contributed by atoms with Gasteiger partial charge in [0.25, 0.3) is 11.8 Å². The molecule has 1 saturated heterocycles. The van der Waals surface area contributed by atoms with Crippen molar-refractivity contribution in [2.24, 2.45) is 0 Å². The van der Waals surface area contributed by atoms with E-state index in [1.165, 1.54) is 4.90 Å². The molecule has 0 aliphatic carbocycles.